The van der Waals surface area contributed by atoms with Crippen molar-refractivity contribution in [1.29, 1.82) is 0 Å². The van der Waals surface area contributed by atoms with E-state index in [1.54, 1.807) is 0 Å². The summed E-state index contributed by atoms with van der Waals surface area (Å²) in [7, 11) is 0. The third-order valence-electron chi connectivity index (χ3n) is 12.8. The summed E-state index contributed by atoms with van der Waals surface area (Å²) in [6.07, 6.45) is 4.17. The van der Waals surface area contributed by atoms with Crippen molar-refractivity contribution in [3.05, 3.63) is 210 Å². The first-order chi connectivity index (χ1) is 30.0. The van der Waals surface area contributed by atoms with E-state index in [4.69, 9.17) is 9.72 Å². The van der Waals surface area contributed by atoms with Crippen molar-refractivity contribution in [3.63, 3.8) is 0 Å². The molecule has 0 fully saturated rings. The first-order valence-electron chi connectivity index (χ1n) is 22.0. The Bertz CT molecular complexity index is 2970. The minimum absolute atomic E-state index is 0. The molecule has 9 rings (SSSR count). The molecule has 0 amide bonds. The maximum Gasteiger partial charge on any atom is 0.135 e. The van der Waals surface area contributed by atoms with Gasteiger partial charge < -0.3 is 19.1 Å². The van der Waals surface area contributed by atoms with E-state index in [1.165, 1.54) is 22.3 Å². The number of hydrogen-bond donors (Lipinski definition) is 0. The molecule has 3 heterocycles. The fourth-order valence-electron chi connectivity index (χ4n) is 8.76. The van der Waals surface area contributed by atoms with Crippen LogP contribution in [0.2, 0.25) is 0 Å². The summed E-state index contributed by atoms with van der Waals surface area (Å²) in [4.78, 5) is 9.45. The van der Waals surface area contributed by atoms with Gasteiger partial charge in [0, 0.05) is 71.9 Å². The molecule has 5 nitrogen and oxygen atoms in total. The van der Waals surface area contributed by atoms with Crippen molar-refractivity contribution in [2.75, 3.05) is 9.80 Å². The predicted octanol–water partition coefficient (Wildman–Crippen LogP) is 14.9. The van der Waals surface area contributed by atoms with Gasteiger partial charge >= 0.3 is 0 Å². The standard InChI is InChI=1S/C58H57N4O.Pt/c1-55(2,3)44-33-46(61-39-60(38-53(61)56(4,5)6)45-27-25-42(26-28-45)57(7,8)40-19-13-11-14-20-40)36-48(34-44)63-47-29-30-50-49-23-17-18-24-51(49)62(52(50)37-47)54-35-43(31-32-59-54)58(9,10)41-21-15-12-16-22-41;/h11-35,38-39H,1-10H3;/q-3;. The van der Waals surface area contributed by atoms with Crippen molar-refractivity contribution < 1.29 is 25.8 Å². The molecule has 0 radical (unpaired) electrons. The second kappa shape index (κ2) is 16.9. The molecule has 0 aliphatic carbocycles. The van der Waals surface area contributed by atoms with Crippen LogP contribution in [0.15, 0.2) is 164 Å². The van der Waals surface area contributed by atoms with E-state index in [0.29, 0.717) is 11.5 Å². The number of fused-ring (bicyclic) bond motifs is 3. The fraction of sp³-hybridized carbons (Fsp3) is 0.241. The summed E-state index contributed by atoms with van der Waals surface area (Å²) in [5, 5.41) is 2.22. The molecule has 0 N–H and O–H groups in total. The zero-order valence-corrected chi connectivity index (χ0v) is 40.9. The minimum Gasteiger partial charge on any atom is -0.509 e. The molecule has 8 aromatic rings. The first-order valence-corrected chi connectivity index (χ1v) is 22.0. The molecule has 0 bridgehead atoms. The maximum atomic E-state index is 6.84. The smallest absolute Gasteiger partial charge is 0.135 e. The maximum absolute atomic E-state index is 6.84. The Hall–Kier alpha value is -5.90. The molecule has 6 aromatic carbocycles. The van der Waals surface area contributed by atoms with Crippen LogP contribution in [0.3, 0.4) is 0 Å². The number of allylic oxidation sites excluding steroid dienone is 1. The molecule has 0 atom stereocenters. The van der Waals surface area contributed by atoms with Crippen LogP contribution >= 0.6 is 0 Å². The minimum atomic E-state index is -0.225. The topological polar surface area (TPSA) is 33.5 Å². The van der Waals surface area contributed by atoms with Gasteiger partial charge in [0.05, 0.1) is 0 Å². The van der Waals surface area contributed by atoms with Crippen LogP contribution in [-0.2, 0) is 37.3 Å². The monoisotopic (exact) mass is 1020 g/mol. The van der Waals surface area contributed by atoms with Crippen LogP contribution in [0.5, 0.6) is 11.5 Å². The Morgan fingerprint density at radius 3 is 1.78 bits per heavy atom. The molecule has 0 unspecified atom stereocenters. The SMILES string of the molecule is CC(C)(C)C1=CN(c2ccc(C(C)(C)c3ccccc3)cc2)[CH-]N1c1[c-]c(Oc2[c-]c3c(cc2)c2ccccc2n3-c2cc(C(C)(C)c3ccccc3)ccn2)cc(C(C)(C)C)c1.[Pt]. The van der Waals surface area contributed by atoms with Crippen LogP contribution in [-0.4, -0.2) is 9.55 Å². The third kappa shape index (κ3) is 8.43. The third-order valence-corrected chi connectivity index (χ3v) is 12.8. The summed E-state index contributed by atoms with van der Waals surface area (Å²) in [5.41, 5.74) is 10.6. The van der Waals surface area contributed by atoms with E-state index in [9.17, 15) is 0 Å². The number of aromatic nitrogens is 2. The van der Waals surface area contributed by atoms with Crippen molar-refractivity contribution in [2.24, 2.45) is 5.41 Å². The van der Waals surface area contributed by atoms with Gasteiger partial charge in [-0.2, -0.15) is 6.07 Å². The summed E-state index contributed by atoms with van der Waals surface area (Å²) in [5.74, 6) is 2.08. The van der Waals surface area contributed by atoms with Crippen molar-refractivity contribution in [3.8, 4) is 17.3 Å². The molecule has 0 saturated heterocycles. The van der Waals surface area contributed by atoms with Crippen LogP contribution in [0.25, 0.3) is 27.6 Å². The normalized spacial score (nSPS) is 13.6. The van der Waals surface area contributed by atoms with E-state index in [2.05, 4.69) is 248 Å². The number of anilines is 2. The predicted molar refractivity (Wildman–Crippen MR) is 262 cm³/mol. The molecule has 0 spiro atoms. The molecule has 6 heteroatoms. The number of ether oxygens (including phenoxy) is 1. The van der Waals surface area contributed by atoms with Crippen molar-refractivity contribution in [2.45, 2.75) is 85.5 Å². The molecule has 1 aliphatic heterocycles. The fourth-order valence-corrected chi connectivity index (χ4v) is 8.76. The quantitative estimate of drug-likeness (QED) is 0.135. The first kappa shape index (κ1) is 44.7. The molecular formula is C58H57N4OPt-3. The van der Waals surface area contributed by atoms with E-state index >= 15 is 0 Å². The second-order valence-corrected chi connectivity index (χ2v) is 20.0. The number of pyridine rings is 1. The zero-order chi connectivity index (χ0) is 44.3. The molecular weight excluding hydrogens is 964 g/mol. The Balaban J connectivity index is 0.00000560. The summed E-state index contributed by atoms with van der Waals surface area (Å²) in [6, 6.07) is 59.1. The second-order valence-electron chi connectivity index (χ2n) is 20.0. The zero-order valence-electron chi connectivity index (χ0n) is 38.6. The summed E-state index contributed by atoms with van der Waals surface area (Å²) < 4.78 is 9.06. The summed E-state index contributed by atoms with van der Waals surface area (Å²) in [6.45, 7) is 24.8. The molecule has 0 saturated carbocycles. The largest absolute Gasteiger partial charge is 0.509 e. The number of benzene rings is 6. The van der Waals surface area contributed by atoms with Gasteiger partial charge in [0.2, 0.25) is 0 Å². The van der Waals surface area contributed by atoms with E-state index < -0.39 is 0 Å². The van der Waals surface area contributed by atoms with Gasteiger partial charge in [-0.15, -0.1) is 53.6 Å². The number of rotatable bonds is 9. The van der Waals surface area contributed by atoms with Gasteiger partial charge in [-0.3, -0.25) is 0 Å². The van der Waals surface area contributed by atoms with Gasteiger partial charge in [-0.1, -0.05) is 166 Å². The number of nitrogens with zero attached hydrogens (tertiary/aromatic N) is 4. The van der Waals surface area contributed by atoms with Crippen LogP contribution < -0.4 is 14.5 Å². The van der Waals surface area contributed by atoms with Gasteiger partial charge in [0.25, 0.3) is 0 Å². The Morgan fingerprint density at radius 1 is 0.531 bits per heavy atom. The average molecular weight is 1020 g/mol. The van der Waals surface area contributed by atoms with E-state index in [0.717, 1.165) is 50.3 Å². The van der Waals surface area contributed by atoms with Gasteiger partial charge in [0.1, 0.15) is 5.82 Å². The van der Waals surface area contributed by atoms with Crippen molar-refractivity contribution >= 4 is 33.2 Å². The Kier molecular flexibility index (Phi) is 11.8. The van der Waals surface area contributed by atoms with Crippen LogP contribution in [0.1, 0.15) is 97.1 Å². The van der Waals surface area contributed by atoms with Crippen LogP contribution in [0, 0.1) is 24.2 Å². The number of para-hydroxylation sites is 1. The molecule has 328 valence electrons. The number of hydrogen-bond acceptors (Lipinski definition) is 4. The molecule has 1 aliphatic rings. The van der Waals surface area contributed by atoms with Crippen LogP contribution in [0.4, 0.5) is 11.4 Å². The molecule has 2 aromatic heterocycles. The average Bonchev–Trinajstić information content (AvgIpc) is 3.88. The Labute approximate surface area is 394 Å². The van der Waals surface area contributed by atoms with Crippen molar-refractivity contribution in [1.82, 2.24) is 9.55 Å². The van der Waals surface area contributed by atoms with E-state index in [-0.39, 0.29) is 42.7 Å². The van der Waals surface area contributed by atoms with E-state index in [1.807, 2.05) is 12.3 Å². The molecule has 64 heavy (non-hydrogen) atoms. The van der Waals surface area contributed by atoms with Gasteiger partial charge in [-0.05, 0) is 69.6 Å². The van der Waals surface area contributed by atoms with Gasteiger partial charge in [0.15, 0.2) is 0 Å². The Morgan fingerprint density at radius 2 is 1.14 bits per heavy atom. The van der Waals surface area contributed by atoms with Gasteiger partial charge in [-0.25, -0.2) is 4.98 Å². The summed E-state index contributed by atoms with van der Waals surface area (Å²) >= 11 is 0.